The first-order valence-corrected chi connectivity index (χ1v) is 7.02. The third kappa shape index (κ3) is 3.72. The van der Waals surface area contributed by atoms with Gasteiger partial charge in [0.05, 0.1) is 12.1 Å². The van der Waals surface area contributed by atoms with Crippen LogP contribution in [0.5, 0.6) is 5.75 Å². The van der Waals surface area contributed by atoms with Crippen molar-refractivity contribution in [3.05, 3.63) is 29.3 Å². The molecule has 0 spiro atoms. The lowest BCUT2D eigenvalue weighted by molar-refractivity contribution is -0.132. The van der Waals surface area contributed by atoms with E-state index in [-0.39, 0.29) is 29.7 Å². The molecule has 6 heteroatoms. The van der Waals surface area contributed by atoms with Gasteiger partial charge in [-0.25, -0.2) is 0 Å². The number of nitrogens with zero attached hydrogens (tertiary/aromatic N) is 2. The minimum atomic E-state index is -0.351. The second-order valence-corrected chi connectivity index (χ2v) is 5.31. The fraction of sp³-hybridized carbons (Fsp3) is 0.467. The average Bonchev–Trinajstić information content (AvgIpc) is 2.47. The van der Waals surface area contributed by atoms with Crippen LogP contribution in [-0.2, 0) is 4.79 Å². The Morgan fingerprint density at radius 1 is 1.33 bits per heavy atom. The summed E-state index contributed by atoms with van der Waals surface area (Å²) in [6.45, 7) is 4.75. The Hall–Kier alpha value is -2.08. The van der Waals surface area contributed by atoms with Crippen molar-refractivity contribution in [3.8, 4) is 5.75 Å². The molecule has 2 N–H and O–H groups in total. The quantitative estimate of drug-likeness (QED) is 0.835. The smallest absolute Gasteiger partial charge is 0.257 e. The Morgan fingerprint density at radius 2 is 2.00 bits per heavy atom. The maximum absolute atomic E-state index is 12.3. The molecular weight excluding hydrogens is 270 g/mol. The van der Waals surface area contributed by atoms with Crippen LogP contribution in [-0.4, -0.2) is 66.5 Å². The predicted molar refractivity (Wildman–Crippen MR) is 79.3 cm³/mol. The molecule has 0 saturated carbocycles. The van der Waals surface area contributed by atoms with E-state index in [0.29, 0.717) is 13.1 Å². The first kappa shape index (κ1) is 15.3. The van der Waals surface area contributed by atoms with Crippen LogP contribution in [0.3, 0.4) is 0 Å². The number of amides is 2. The van der Waals surface area contributed by atoms with Crippen LogP contribution in [0, 0.1) is 6.92 Å². The molecule has 1 fully saturated rings. The SMILES string of the molecule is Cc1ccc(C(=O)N(C)CC(=O)N2CCNCC2)c(O)c1. The van der Waals surface area contributed by atoms with Crippen LogP contribution in [0.1, 0.15) is 15.9 Å². The molecule has 1 heterocycles. The summed E-state index contributed by atoms with van der Waals surface area (Å²) in [6, 6.07) is 4.89. The van der Waals surface area contributed by atoms with Crippen LogP contribution >= 0.6 is 0 Å². The van der Waals surface area contributed by atoms with Gasteiger partial charge in [-0.05, 0) is 24.6 Å². The highest BCUT2D eigenvalue weighted by molar-refractivity contribution is 5.98. The summed E-state index contributed by atoms with van der Waals surface area (Å²) in [7, 11) is 1.57. The van der Waals surface area contributed by atoms with Crippen molar-refractivity contribution < 1.29 is 14.7 Å². The number of carbonyl (C=O) groups excluding carboxylic acids is 2. The van der Waals surface area contributed by atoms with Gasteiger partial charge >= 0.3 is 0 Å². The molecule has 0 aliphatic carbocycles. The fourth-order valence-electron chi connectivity index (χ4n) is 2.32. The molecule has 1 saturated heterocycles. The highest BCUT2D eigenvalue weighted by atomic mass is 16.3. The molecule has 1 aliphatic rings. The van der Waals surface area contributed by atoms with E-state index in [4.69, 9.17) is 0 Å². The average molecular weight is 291 g/mol. The van der Waals surface area contributed by atoms with Crippen molar-refractivity contribution in [2.75, 3.05) is 39.8 Å². The van der Waals surface area contributed by atoms with Crippen LogP contribution in [0.4, 0.5) is 0 Å². The third-order valence-corrected chi connectivity index (χ3v) is 3.57. The zero-order chi connectivity index (χ0) is 15.4. The maximum atomic E-state index is 12.3. The topological polar surface area (TPSA) is 72.9 Å². The molecule has 1 aromatic carbocycles. The Morgan fingerprint density at radius 3 is 2.62 bits per heavy atom. The van der Waals surface area contributed by atoms with E-state index in [1.807, 2.05) is 6.92 Å². The molecule has 0 bridgehead atoms. The van der Waals surface area contributed by atoms with Crippen LogP contribution in [0.15, 0.2) is 18.2 Å². The molecule has 21 heavy (non-hydrogen) atoms. The summed E-state index contributed by atoms with van der Waals surface area (Å²) >= 11 is 0. The van der Waals surface area contributed by atoms with Crippen LogP contribution < -0.4 is 5.32 Å². The molecule has 0 atom stereocenters. The van der Waals surface area contributed by atoms with E-state index in [9.17, 15) is 14.7 Å². The highest BCUT2D eigenvalue weighted by Crippen LogP contribution is 2.19. The largest absolute Gasteiger partial charge is 0.507 e. The number of nitrogens with one attached hydrogen (secondary N) is 1. The van der Waals surface area contributed by atoms with Gasteiger partial charge in [-0.15, -0.1) is 0 Å². The van der Waals surface area contributed by atoms with Crippen molar-refractivity contribution >= 4 is 11.8 Å². The molecule has 6 nitrogen and oxygen atoms in total. The van der Waals surface area contributed by atoms with Gasteiger partial charge in [0.25, 0.3) is 5.91 Å². The predicted octanol–water partition coefficient (Wildman–Crippen LogP) is 0.204. The Labute approximate surface area is 124 Å². The normalized spacial score (nSPS) is 14.9. The van der Waals surface area contributed by atoms with E-state index in [2.05, 4.69) is 5.32 Å². The summed E-state index contributed by atoms with van der Waals surface area (Å²) < 4.78 is 0. The monoisotopic (exact) mass is 291 g/mol. The van der Waals surface area contributed by atoms with E-state index in [1.54, 1.807) is 30.1 Å². The number of aryl methyl sites for hydroxylation is 1. The molecule has 2 rings (SSSR count). The number of piperazine rings is 1. The van der Waals surface area contributed by atoms with Gasteiger partial charge in [-0.1, -0.05) is 6.07 Å². The number of phenolic OH excluding ortho intramolecular Hbond substituents is 1. The van der Waals surface area contributed by atoms with Crippen molar-refractivity contribution in [3.63, 3.8) is 0 Å². The Kier molecular flexibility index (Phi) is 4.80. The minimum Gasteiger partial charge on any atom is -0.507 e. The van der Waals surface area contributed by atoms with E-state index in [1.165, 1.54) is 4.90 Å². The molecule has 0 aromatic heterocycles. The summed E-state index contributed by atoms with van der Waals surface area (Å²) in [4.78, 5) is 27.5. The van der Waals surface area contributed by atoms with Gasteiger partial charge in [0.1, 0.15) is 5.75 Å². The highest BCUT2D eigenvalue weighted by Gasteiger charge is 2.22. The molecule has 114 valence electrons. The summed E-state index contributed by atoms with van der Waals surface area (Å²) in [5, 5.41) is 13.0. The number of phenols is 1. The Bertz CT molecular complexity index is 539. The number of hydrogen-bond donors (Lipinski definition) is 2. The van der Waals surface area contributed by atoms with Crippen molar-refractivity contribution in [2.45, 2.75) is 6.92 Å². The zero-order valence-corrected chi connectivity index (χ0v) is 12.4. The van der Waals surface area contributed by atoms with Gasteiger partial charge in [0, 0.05) is 33.2 Å². The third-order valence-electron chi connectivity index (χ3n) is 3.57. The lowest BCUT2D eigenvalue weighted by Gasteiger charge is -2.29. The number of aromatic hydroxyl groups is 1. The number of likely N-dealkylation sites (N-methyl/N-ethyl adjacent to an activating group) is 1. The lowest BCUT2D eigenvalue weighted by Crippen LogP contribution is -2.49. The lowest BCUT2D eigenvalue weighted by atomic mass is 10.1. The van der Waals surface area contributed by atoms with E-state index in [0.717, 1.165) is 18.7 Å². The molecule has 2 amide bonds. The summed E-state index contributed by atoms with van der Waals surface area (Å²) in [6.07, 6.45) is 0. The van der Waals surface area contributed by atoms with Crippen molar-refractivity contribution in [2.24, 2.45) is 0 Å². The first-order chi connectivity index (χ1) is 9.99. The van der Waals surface area contributed by atoms with Gasteiger partial charge in [0.2, 0.25) is 5.91 Å². The zero-order valence-electron chi connectivity index (χ0n) is 12.4. The summed E-state index contributed by atoms with van der Waals surface area (Å²) in [5.74, 6) is -0.476. The number of carbonyl (C=O) groups is 2. The van der Waals surface area contributed by atoms with Crippen LogP contribution in [0.2, 0.25) is 0 Å². The Balaban J connectivity index is 2.00. The second kappa shape index (κ2) is 6.58. The molecule has 0 radical (unpaired) electrons. The van der Waals surface area contributed by atoms with Gasteiger partial charge in [-0.2, -0.15) is 0 Å². The number of benzene rings is 1. The van der Waals surface area contributed by atoms with Crippen LogP contribution in [0.25, 0.3) is 0 Å². The standard InChI is InChI=1S/C15H21N3O3/c1-11-3-4-12(13(19)9-11)15(21)17(2)10-14(20)18-7-5-16-6-8-18/h3-4,9,16,19H,5-8,10H2,1-2H3. The molecule has 0 unspecified atom stereocenters. The molecule has 1 aliphatic heterocycles. The van der Waals surface area contributed by atoms with Gasteiger partial charge < -0.3 is 20.2 Å². The summed E-state index contributed by atoms with van der Waals surface area (Å²) in [5.41, 5.74) is 1.10. The second-order valence-electron chi connectivity index (χ2n) is 5.31. The fourth-order valence-corrected chi connectivity index (χ4v) is 2.32. The minimum absolute atomic E-state index is 0.0200. The first-order valence-electron chi connectivity index (χ1n) is 7.02. The number of hydrogen-bond acceptors (Lipinski definition) is 4. The van der Waals surface area contributed by atoms with E-state index >= 15 is 0 Å². The van der Waals surface area contributed by atoms with Crippen molar-refractivity contribution in [1.29, 1.82) is 0 Å². The van der Waals surface area contributed by atoms with Gasteiger partial charge in [0.15, 0.2) is 0 Å². The molecular formula is C15H21N3O3. The van der Waals surface area contributed by atoms with Gasteiger partial charge in [-0.3, -0.25) is 9.59 Å². The van der Waals surface area contributed by atoms with E-state index < -0.39 is 0 Å². The maximum Gasteiger partial charge on any atom is 0.257 e. The van der Waals surface area contributed by atoms with Crippen molar-refractivity contribution in [1.82, 2.24) is 15.1 Å². The molecule has 1 aromatic rings. The number of rotatable bonds is 3.